The van der Waals surface area contributed by atoms with Crippen LogP contribution in [0.15, 0.2) is 23.3 Å². The van der Waals surface area contributed by atoms with Crippen LogP contribution in [0.2, 0.25) is 0 Å². The van der Waals surface area contributed by atoms with Crippen LogP contribution in [0.25, 0.3) is 0 Å². The van der Waals surface area contributed by atoms with E-state index < -0.39 is 17.4 Å². The zero-order valence-corrected chi connectivity index (χ0v) is 12.1. The average Bonchev–Trinajstić information content (AvgIpc) is 2.82. The molecule has 2 rings (SSSR count). The highest BCUT2D eigenvalue weighted by molar-refractivity contribution is 5.71. The molecule has 0 amide bonds. The number of pyridine rings is 1. The van der Waals surface area contributed by atoms with Crippen molar-refractivity contribution in [2.75, 3.05) is 7.11 Å². The minimum Gasteiger partial charge on any atom is -0.507 e. The largest absolute Gasteiger partial charge is 0.507 e. The Morgan fingerprint density at radius 1 is 1.57 bits per heavy atom. The Kier molecular flexibility index (Phi) is 4.11. The first-order valence-electron chi connectivity index (χ1n) is 6.40. The lowest BCUT2D eigenvalue weighted by molar-refractivity contribution is -0.140. The number of aryl methyl sites for hydroxylation is 2. The van der Waals surface area contributed by atoms with Gasteiger partial charge in [-0.05, 0) is 18.6 Å². The fourth-order valence-corrected chi connectivity index (χ4v) is 2.28. The summed E-state index contributed by atoms with van der Waals surface area (Å²) in [5, 5.41) is 14.1. The number of rotatable bonds is 4. The van der Waals surface area contributed by atoms with Gasteiger partial charge in [0, 0.05) is 24.9 Å². The first-order valence-corrected chi connectivity index (χ1v) is 6.40. The highest BCUT2D eigenvalue weighted by Crippen LogP contribution is 2.31. The fraction of sp³-hybridized carbons (Fsp3) is 0.357. The smallest absolute Gasteiger partial charge is 0.306 e. The van der Waals surface area contributed by atoms with E-state index in [1.54, 1.807) is 31.0 Å². The SMILES string of the molecule is COC(=O)CC(c1cnn(C)c1)c1c(O)cc(C)[nH]c1=O. The number of hydrogen-bond donors (Lipinski definition) is 2. The lowest BCUT2D eigenvalue weighted by atomic mass is 9.90. The Bertz CT molecular complexity index is 717. The van der Waals surface area contributed by atoms with Crippen molar-refractivity contribution in [2.45, 2.75) is 19.3 Å². The zero-order chi connectivity index (χ0) is 15.6. The molecule has 112 valence electrons. The number of nitrogens with one attached hydrogen (secondary N) is 1. The Hall–Kier alpha value is -2.57. The van der Waals surface area contributed by atoms with Gasteiger partial charge >= 0.3 is 5.97 Å². The molecule has 7 nitrogen and oxygen atoms in total. The standard InChI is InChI=1S/C14H17N3O4/c1-8-4-11(18)13(14(20)16-8)10(5-12(19)21-3)9-6-15-17(2)7-9/h4,6-7,10H,5H2,1-3H3,(H2,16,18,20). The molecule has 0 radical (unpaired) electrons. The van der Waals surface area contributed by atoms with Crippen molar-refractivity contribution in [1.82, 2.24) is 14.8 Å². The van der Waals surface area contributed by atoms with E-state index in [0.29, 0.717) is 11.3 Å². The molecule has 0 aliphatic heterocycles. The molecular formula is C14H17N3O4. The molecule has 0 saturated heterocycles. The zero-order valence-electron chi connectivity index (χ0n) is 12.1. The summed E-state index contributed by atoms with van der Waals surface area (Å²) in [6.45, 7) is 1.67. The van der Waals surface area contributed by atoms with Crippen LogP contribution in [0.1, 0.15) is 29.2 Å². The van der Waals surface area contributed by atoms with E-state index in [2.05, 4.69) is 14.8 Å². The highest BCUT2D eigenvalue weighted by Gasteiger charge is 2.26. The van der Waals surface area contributed by atoms with Crippen molar-refractivity contribution < 1.29 is 14.6 Å². The Morgan fingerprint density at radius 2 is 2.29 bits per heavy atom. The Labute approximate surface area is 121 Å². The topological polar surface area (TPSA) is 97.2 Å². The summed E-state index contributed by atoms with van der Waals surface area (Å²) in [6.07, 6.45) is 3.21. The van der Waals surface area contributed by atoms with Crippen LogP contribution >= 0.6 is 0 Å². The molecule has 2 aromatic heterocycles. The van der Waals surface area contributed by atoms with Gasteiger partial charge in [-0.1, -0.05) is 0 Å². The van der Waals surface area contributed by atoms with Crippen LogP contribution in [0.4, 0.5) is 0 Å². The lowest BCUT2D eigenvalue weighted by Crippen LogP contribution is -2.20. The maximum absolute atomic E-state index is 12.2. The quantitative estimate of drug-likeness (QED) is 0.813. The molecule has 1 atom stereocenters. The normalized spacial score (nSPS) is 12.1. The maximum Gasteiger partial charge on any atom is 0.306 e. The first-order chi connectivity index (χ1) is 9.92. The molecule has 0 aromatic carbocycles. The molecule has 0 saturated carbocycles. The van der Waals surface area contributed by atoms with E-state index in [4.69, 9.17) is 0 Å². The minimum absolute atomic E-state index is 0.0537. The van der Waals surface area contributed by atoms with E-state index in [-0.39, 0.29) is 17.7 Å². The van der Waals surface area contributed by atoms with Crippen LogP contribution in [0.3, 0.4) is 0 Å². The summed E-state index contributed by atoms with van der Waals surface area (Å²) < 4.78 is 6.24. The molecule has 7 heteroatoms. The van der Waals surface area contributed by atoms with E-state index in [1.165, 1.54) is 13.2 Å². The van der Waals surface area contributed by atoms with Crippen molar-refractivity contribution in [3.63, 3.8) is 0 Å². The van der Waals surface area contributed by atoms with E-state index in [0.717, 1.165) is 0 Å². The van der Waals surface area contributed by atoms with E-state index >= 15 is 0 Å². The van der Waals surface area contributed by atoms with Crippen LogP contribution in [0.5, 0.6) is 5.75 Å². The number of nitrogens with zero attached hydrogens (tertiary/aromatic N) is 2. The summed E-state index contributed by atoms with van der Waals surface area (Å²) in [4.78, 5) is 26.4. The molecule has 0 spiro atoms. The third-order valence-corrected chi connectivity index (χ3v) is 3.26. The predicted octanol–water partition coefficient (Wildman–Crippen LogP) is 0.817. The van der Waals surface area contributed by atoms with Crippen molar-refractivity contribution in [2.24, 2.45) is 7.05 Å². The molecule has 0 aliphatic carbocycles. The number of aromatic amines is 1. The molecule has 0 aliphatic rings. The second-order valence-corrected chi connectivity index (χ2v) is 4.86. The lowest BCUT2D eigenvalue weighted by Gasteiger charge is -2.15. The molecule has 0 fully saturated rings. The average molecular weight is 291 g/mol. The summed E-state index contributed by atoms with van der Waals surface area (Å²) in [6, 6.07) is 1.46. The van der Waals surface area contributed by atoms with Gasteiger partial charge in [-0.3, -0.25) is 14.3 Å². The summed E-state index contributed by atoms with van der Waals surface area (Å²) >= 11 is 0. The monoisotopic (exact) mass is 291 g/mol. The van der Waals surface area contributed by atoms with Gasteiger partial charge in [0.05, 0.1) is 25.3 Å². The van der Waals surface area contributed by atoms with Gasteiger partial charge in [-0.15, -0.1) is 0 Å². The van der Waals surface area contributed by atoms with Crippen LogP contribution < -0.4 is 5.56 Å². The second-order valence-electron chi connectivity index (χ2n) is 4.86. The van der Waals surface area contributed by atoms with Crippen molar-refractivity contribution in [1.29, 1.82) is 0 Å². The third-order valence-electron chi connectivity index (χ3n) is 3.26. The number of aromatic nitrogens is 3. The van der Waals surface area contributed by atoms with Gasteiger partial charge < -0.3 is 14.8 Å². The van der Waals surface area contributed by atoms with Gasteiger partial charge in [-0.2, -0.15) is 5.10 Å². The summed E-state index contributed by atoms with van der Waals surface area (Å²) in [5.74, 6) is -1.23. The minimum atomic E-state index is -0.615. The first kappa shape index (κ1) is 14.8. The van der Waals surface area contributed by atoms with E-state index in [1.807, 2.05) is 0 Å². The van der Waals surface area contributed by atoms with Crippen LogP contribution in [-0.2, 0) is 16.6 Å². The van der Waals surface area contributed by atoms with Crippen LogP contribution in [0, 0.1) is 6.92 Å². The van der Waals surface area contributed by atoms with Gasteiger partial charge in [-0.25, -0.2) is 0 Å². The van der Waals surface area contributed by atoms with E-state index in [9.17, 15) is 14.7 Å². The molecule has 2 heterocycles. The molecular weight excluding hydrogens is 274 g/mol. The maximum atomic E-state index is 12.2. The third kappa shape index (κ3) is 3.13. The van der Waals surface area contributed by atoms with Crippen LogP contribution in [-0.4, -0.2) is 33.0 Å². The van der Waals surface area contributed by atoms with Gasteiger partial charge in [0.2, 0.25) is 0 Å². The molecule has 2 aromatic rings. The molecule has 21 heavy (non-hydrogen) atoms. The molecule has 0 bridgehead atoms. The molecule has 2 N–H and O–H groups in total. The highest BCUT2D eigenvalue weighted by atomic mass is 16.5. The van der Waals surface area contributed by atoms with Crippen molar-refractivity contribution >= 4 is 5.97 Å². The number of hydrogen-bond acceptors (Lipinski definition) is 5. The van der Waals surface area contributed by atoms with Gasteiger partial charge in [0.15, 0.2) is 0 Å². The fourth-order valence-electron chi connectivity index (χ4n) is 2.28. The Morgan fingerprint density at radius 3 is 2.81 bits per heavy atom. The number of carbonyl (C=O) groups excluding carboxylic acids is 1. The number of esters is 1. The summed E-state index contributed by atoms with van der Waals surface area (Å²) in [5.41, 5.74) is 0.918. The van der Waals surface area contributed by atoms with Gasteiger partial charge in [0.1, 0.15) is 5.75 Å². The number of H-pyrrole nitrogens is 1. The summed E-state index contributed by atoms with van der Waals surface area (Å²) in [7, 11) is 3.01. The number of aromatic hydroxyl groups is 1. The predicted molar refractivity (Wildman–Crippen MR) is 75.1 cm³/mol. The number of carbonyl (C=O) groups is 1. The van der Waals surface area contributed by atoms with Gasteiger partial charge in [0.25, 0.3) is 5.56 Å². The van der Waals surface area contributed by atoms with Crippen molar-refractivity contribution in [3.8, 4) is 5.75 Å². The Balaban J connectivity index is 2.55. The molecule has 1 unspecified atom stereocenters. The second kappa shape index (κ2) is 5.82. The number of ether oxygens (including phenoxy) is 1. The number of methoxy groups -OCH3 is 1. The van der Waals surface area contributed by atoms with Crippen molar-refractivity contribution in [3.05, 3.63) is 45.6 Å².